The maximum atomic E-state index is 13.4. The molecule has 1 aliphatic rings. The molecule has 1 aliphatic heterocycles. The highest BCUT2D eigenvalue weighted by Crippen LogP contribution is 2.39. The second-order valence-corrected chi connectivity index (χ2v) is 9.43. The summed E-state index contributed by atoms with van der Waals surface area (Å²) in [6.45, 7) is 8.20. The number of thiophene rings is 1. The lowest BCUT2D eigenvalue weighted by atomic mass is 9.92. The second-order valence-electron chi connectivity index (χ2n) is 8.48. The van der Waals surface area contributed by atoms with Crippen LogP contribution in [0.4, 0.5) is 10.5 Å². The first-order valence-electron chi connectivity index (χ1n) is 11.3. The Labute approximate surface area is 202 Å². The van der Waals surface area contributed by atoms with Crippen LogP contribution in [-0.4, -0.2) is 16.2 Å². The highest BCUT2D eigenvalue weighted by molar-refractivity contribution is 7.13. The highest BCUT2D eigenvalue weighted by atomic mass is 32.1. The van der Waals surface area contributed by atoms with E-state index in [1.54, 1.807) is 16.2 Å². The largest absolute Gasteiger partial charge is 0.334 e. The molecule has 0 spiro atoms. The van der Waals surface area contributed by atoms with Crippen LogP contribution >= 0.6 is 11.3 Å². The zero-order chi connectivity index (χ0) is 23.8. The molecule has 0 aliphatic carbocycles. The molecule has 2 aromatic heterocycles. The van der Waals surface area contributed by atoms with E-state index in [4.69, 9.17) is 9.51 Å². The average Bonchev–Trinajstić information content (AvgIpc) is 3.53. The van der Waals surface area contributed by atoms with E-state index in [0.29, 0.717) is 11.7 Å². The van der Waals surface area contributed by atoms with Crippen LogP contribution in [0.3, 0.4) is 0 Å². The fourth-order valence-corrected chi connectivity index (χ4v) is 4.89. The first-order valence-corrected chi connectivity index (χ1v) is 12.2. The molecule has 34 heavy (non-hydrogen) atoms. The van der Waals surface area contributed by atoms with E-state index in [1.165, 1.54) is 11.1 Å². The number of amides is 2. The third-order valence-corrected chi connectivity index (χ3v) is 7.22. The predicted molar refractivity (Wildman–Crippen MR) is 136 cm³/mol. The van der Waals surface area contributed by atoms with Crippen LogP contribution in [0, 0.1) is 13.8 Å². The Morgan fingerprint density at radius 1 is 1.06 bits per heavy atom. The highest BCUT2D eigenvalue weighted by Gasteiger charge is 2.36. The van der Waals surface area contributed by atoms with Gasteiger partial charge in [0.15, 0.2) is 0 Å². The van der Waals surface area contributed by atoms with Crippen LogP contribution in [0.1, 0.15) is 48.0 Å². The van der Waals surface area contributed by atoms with Crippen molar-refractivity contribution in [1.29, 1.82) is 0 Å². The summed E-state index contributed by atoms with van der Waals surface area (Å²) >= 11 is 1.56. The minimum atomic E-state index is -0.408. The zero-order valence-electron chi connectivity index (χ0n) is 19.6. The fraction of sp³-hybridized carbons (Fsp3) is 0.222. The summed E-state index contributed by atoms with van der Waals surface area (Å²) in [5, 5.41) is 9.39. The number of aromatic nitrogens is 2. The third-order valence-electron chi connectivity index (χ3n) is 6.35. The SMILES string of the molecule is CCc1ccc(N2C(=O)NC(c3ccc(C)c(C)c3)C(c3nc(-c4cccs4)no3)=C2C)cc1. The smallest absolute Gasteiger partial charge is 0.326 e. The van der Waals surface area contributed by atoms with Crippen molar-refractivity contribution in [3.05, 3.63) is 93.8 Å². The van der Waals surface area contributed by atoms with Gasteiger partial charge >= 0.3 is 6.03 Å². The van der Waals surface area contributed by atoms with Crippen molar-refractivity contribution in [3.8, 4) is 10.7 Å². The van der Waals surface area contributed by atoms with Gasteiger partial charge in [0, 0.05) is 5.70 Å². The molecule has 6 nitrogen and oxygen atoms in total. The van der Waals surface area contributed by atoms with Gasteiger partial charge in [0.05, 0.1) is 22.2 Å². The summed E-state index contributed by atoms with van der Waals surface area (Å²) < 4.78 is 5.77. The molecule has 1 atom stereocenters. The molecule has 0 radical (unpaired) electrons. The van der Waals surface area contributed by atoms with E-state index in [2.05, 4.69) is 43.4 Å². The topological polar surface area (TPSA) is 71.3 Å². The van der Waals surface area contributed by atoms with Crippen LogP contribution in [-0.2, 0) is 6.42 Å². The summed E-state index contributed by atoms with van der Waals surface area (Å²) in [4.78, 5) is 20.7. The zero-order valence-corrected chi connectivity index (χ0v) is 20.4. The van der Waals surface area contributed by atoms with Crippen molar-refractivity contribution >= 4 is 28.6 Å². The van der Waals surface area contributed by atoms with Gasteiger partial charge < -0.3 is 9.84 Å². The minimum Gasteiger partial charge on any atom is -0.334 e. The number of hydrogen-bond donors (Lipinski definition) is 1. The third kappa shape index (κ3) is 3.92. The number of benzene rings is 2. The van der Waals surface area contributed by atoms with Gasteiger partial charge in [-0.1, -0.05) is 48.5 Å². The summed E-state index contributed by atoms with van der Waals surface area (Å²) in [6, 6.07) is 17.6. The van der Waals surface area contributed by atoms with Crippen LogP contribution in [0.15, 0.2) is 70.2 Å². The van der Waals surface area contributed by atoms with E-state index in [1.807, 2.05) is 54.8 Å². The van der Waals surface area contributed by atoms with Gasteiger partial charge in [-0.3, -0.25) is 4.90 Å². The van der Waals surface area contributed by atoms with Crippen LogP contribution in [0.5, 0.6) is 0 Å². The van der Waals surface area contributed by atoms with Gasteiger partial charge in [-0.2, -0.15) is 4.98 Å². The molecule has 7 heteroatoms. The molecule has 3 heterocycles. The number of aryl methyl sites for hydroxylation is 3. The van der Waals surface area contributed by atoms with Gasteiger partial charge in [0.25, 0.3) is 5.89 Å². The van der Waals surface area contributed by atoms with Gasteiger partial charge in [-0.25, -0.2) is 4.79 Å². The molecule has 0 saturated carbocycles. The molecular formula is C27H26N4O2S. The number of rotatable bonds is 5. The number of nitrogens with one attached hydrogen (secondary N) is 1. The van der Waals surface area contributed by atoms with Crippen molar-refractivity contribution < 1.29 is 9.32 Å². The first kappa shape index (κ1) is 22.1. The van der Waals surface area contributed by atoms with Crippen LogP contribution < -0.4 is 10.2 Å². The number of carbonyl (C=O) groups excluding carboxylic acids is 1. The number of allylic oxidation sites excluding steroid dienone is 1. The Hall–Kier alpha value is -3.71. The van der Waals surface area contributed by atoms with Crippen molar-refractivity contribution in [2.75, 3.05) is 4.90 Å². The number of urea groups is 1. The minimum absolute atomic E-state index is 0.188. The molecular weight excluding hydrogens is 444 g/mol. The Bertz CT molecular complexity index is 1370. The number of carbonyl (C=O) groups is 1. The van der Waals surface area contributed by atoms with Gasteiger partial charge in [-0.05, 0) is 73.0 Å². The van der Waals surface area contributed by atoms with E-state index in [0.717, 1.165) is 39.4 Å². The maximum Gasteiger partial charge on any atom is 0.326 e. The molecule has 1 N–H and O–H groups in total. The molecule has 0 bridgehead atoms. The van der Waals surface area contributed by atoms with Crippen molar-refractivity contribution in [2.24, 2.45) is 0 Å². The maximum absolute atomic E-state index is 13.4. The summed E-state index contributed by atoms with van der Waals surface area (Å²) in [6.07, 6.45) is 0.939. The van der Waals surface area contributed by atoms with E-state index in [9.17, 15) is 4.79 Å². The Morgan fingerprint density at radius 2 is 1.85 bits per heavy atom. The Balaban J connectivity index is 1.65. The van der Waals surface area contributed by atoms with E-state index in [-0.39, 0.29) is 6.03 Å². The summed E-state index contributed by atoms with van der Waals surface area (Å²) in [5.74, 6) is 0.944. The number of hydrogen-bond acceptors (Lipinski definition) is 5. The second kappa shape index (κ2) is 8.91. The lowest BCUT2D eigenvalue weighted by molar-refractivity contribution is 0.244. The fourth-order valence-electron chi connectivity index (χ4n) is 4.24. The van der Waals surface area contributed by atoms with Gasteiger partial charge in [0.1, 0.15) is 0 Å². The molecule has 2 amide bonds. The molecule has 2 aromatic carbocycles. The van der Waals surface area contributed by atoms with E-state index < -0.39 is 6.04 Å². The summed E-state index contributed by atoms with van der Waals surface area (Å²) in [5.41, 5.74) is 6.89. The Kier molecular flexibility index (Phi) is 5.79. The van der Waals surface area contributed by atoms with Crippen molar-refractivity contribution in [2.45, 2.75) is 40.2 Å². The van der Waals surface area contributed by atoms with Crippen LogP contribution in [0.25, 0.3) is 16.3 Å². The first-order chi connectivity index (χ1) is 16.5. The van der Waals surface area contributed by atoms with Crippen molar-refractivity contribution in [3.63, 3.8) is 0 Å². The van der Waals surface area contributed by atoms with Gasteiger partial charge in [0.2, 0.25) is 5.82 Å². The molecule has 0 saturated heterocycles. The predicted octanol–water partition coefficient (Wildman–Crippen LogP) is 6.68. The normalized spacial score (nSPS) is 16.2. The average molecular weight is 471 g/mol. The van der Waals surface area contributed by atoms with Crippen LogP contribution in [0.2, 0.25) is 0 Å². The van der Waals surface area contributed by atoms with Crippen molar-refractivity contribution in [1.82, 2.24) is 15.5 Å². The van der Waals surface area contributed by atoms with E-state index >= 15 is 0 Å². The summed E-state index contributed by atoms with van der Waals surface area (Å²) in [7, 11) is 0. The van der Waals surface area contributed by atoms with Gasteiger partial charge in [-0.15, -0.1) is 11.3 Å². The molecule has 1 unspecified atom stereocenters. The molecule has 4 aromatic rings. The number of nitrogens with zero attached hydrogens (tertiary/aromatic N) is 3. The number of anilines is 1. The lowest BCUT2D eigenvalue weighted by Crippen LogP contribution is -2.46. The standard InChI is InChI=1S/C27H26N4O2S/c1-5-19-9-12-21(13-10-19)31-18(4)23(26-29-25(30-33-26)22-7-6-14-34-22)24(28-27(31)32)20-11-8-16(2)17(3)15-20/h6-15,24H,5H2,1-4H3,(H,28,32). The molecule has 172 valence electrons. The monoisotopic (exact) mass is 470 g/mol. The molecule has 0 fully saturated rings. The quantitative estimate of drug-likeness (QED) is 0.353. The lowest BCUT2D eigenvalue weighted by Gasteiger charge is -2.35. The Morgan fingerprint density at radius 3 is 2.53 bits per heavy atom. The molecule has 5 rings (SSSR count).